The molecular formula is C14H8Cl2N2OS. The highest BCUT2D eigenvalue weighted by Gasteiger charge is 2.10. The molecule has 0 saturated heterocycles. The Bertz CT molecular complexity index is 916. The normalized spacial score (nSPS) is 10.9. The van der Waals surface area contributed by atoms with Crippen molar-refractivity contribution in [1.29, 1.82) is 0 Å². The van der Waals surface area contributed by atoms with E-state index in [2.05, 4.69) is 4.98 Å². The second-order valence-corrected chi connectivity index (χ2v) is 5.45. The van der Waals surface area contributed by atoms with Gasteiger partial charge in [0.1, 0.15) is 0 Å². The molecule has 6 heteroatoms. The van der Waals surface area contributed by atoms with Crippen molar-refractivity contribution < 1.29 is 0 Å². The van der Waals surface area contributed by atoms with Gasteiger partial charge in [-0.25, -0.2) is 0 Å². The second kappa shape index (κ2) is 5.05. The maximum absolute atomic E-state index is 12.6. The molecule has 0 aliphatic heterocycles. The summed E-state index contributed by atoms with van der Waals surface area (Å²) in [6.07, 6.45) is 0. The van der Waals surface area contributed by atoms with E-state index in [1.165, 1.54) is 4.57 Å². The van der Waals surface area contributed by atoms with Gasteiger partial charge in [-0.1, -0.05) is 41.4 Å². The lowest BCUT2D eigenvalue weighted by molar-refractivity contribution is 0.940. The molecule has 0 unspecified atom stereocenters. The van der Waals surface area contributed by atoms with Crippen LogP contribution in [0, 0.1) is 4.77 Å². The first-order valence-electron chi connectivity index (χ1n) is 5.77. The van der Waals surface area contributed by atoms with Gasteiger partial charge in [0, 0.05) is 5.02 Å². The van der Waals surface area contributed by atoms with Crippen molar-refractivity contribution >= 4 is 46.3 Å². The van der Waals surface area contributed by atoms with Crippen LogP contribution < -0.4 is 5.56 Å². The van der Waals surface area contributed by atoms with Gasteiger partial charge in [-0.2, -0.15) is 0 Å². The van der Waals surface area contributed by atoms with Crippen LogP contribution in [-0.4, -0.2) is 9.55 Å². The third-order valence-corrected chi connectivity index (χ3v) is 3.74. The van der Waals surface area contributed by atoms with Gasteiger partial charge in [0.05, 0.1) is 21.6 Å². The van der Waals surface area contributed by atoms with Crippen molar-refractivity contribution in [3.63, 3.8) is 0 Å². The number of hydrogen-bond acceptors (Lipinski definition) is 2. The van der Waals surface area contributed by atoms with Crippen LogP contribution in [0.15, 0.2) is 47.3 Å². The van der Waals surface area contributed by atoms with Crippen molar-refractivity contribution in [1.82, 2.24) is 9.55 Å². The molecule has 2 aromatic carbocycles. The van der Waals surface area contributed by atoms with E-state index in [-0.39, 0.29) is 10.3 Å². The Hall–Kier alpha value is -1.62. The Morgan fingerprint density at radius 2 is 1.80 bits per heavy atom. The summed E-state index contributed by atoms with van der Waals surface area (Å²) in [5, 5.41) is 1.18. The predicted octanol–water partition coefficient (Wildman–Crippen LogP) is 4.36. The van der Waals surface area contributed by atoms with E-state index < -0.39 is 0 Å². The number of nitrogens with zero attached hydrogens (tertiary/aromatic N) is 1. The Morgan fingerprint density at radius 3 is 2.50 bits per heavy atom. The number of aromatic amines is 1. The minimum absolute atomic E-state index is 0.251. The van der Waals surface area contributed by atoms with Gasteiger partial charge in [-0.05, 0) is 36.5 Å². The van der Waals surface area contributed by atoms with E-state index in [4.69, 9.17) is 35.4 Å². The molecule has 3 aromatic rings. The molecular weight excluding hydrogens is 315 g/mol. The summed E-state index contributed by atoms with van der Waals surface area (Å²) in [5.74, 6) is 0. The third-order valence-electron chi connectivity index (χ3n) is 2.94. The maximum atomic E-state index is 12.6. The molecule has 3 rings (SSSR count). The zero-order valence-electron chi connectivity index (χ0n) is 10.1. The standard InChI is InChI=1S/C14H8Cl2N2OS/c15-8-6-10-12(11(16)7-8)17-14(20)18(13(10)19)9-4-2-1-3-5-9/h1-7H,(H,17,20). The summed E-state index contributed by atoms with van der Waals surface area (Å²) >= 11 is 17.3. The number of nitrogens with one attached hydrogen (secondary N) is 1. The quantitative estimate of drug-likeness (QED) is 0.676. The summed E-state index contributed by atoms with van der Waals surface area (Å²) in [5.41, 5.74) is 0.939. The van der Waals surface area contributed by atoms with E-state index in [1.807, 2.05) is 30.3 Å². The molecule has 1 aromatic heterocycles. The zero-order chi connectivity index (χ0) is 14.3. The lowest BCUT2D eigenvalue weighted by Gasteiger charge is -2.09. The van der Waals surface area contributed by atoms with Crippen LogP contribution in [0.3, 0.4) is 0 Å². The summed E-state index contributed by atoms with van der Waals surface area (Å²) in [6, 6.07) is 12.3. The zero-order valence-corrected chi connectivity index (χ0v) is 12.4. The highest BCUT2D eigenvalue weighted by Crippen LogP contribution is 2.24. The van der Waals surface area contributed by atoms with E-state index in [0.717, 1.165) is 0 Å². The van der Waals surface area contributed by atoms with Gasteiger partial charge in [-0.15, -0.1) is 0 Å². The van der Waals surface area contributed by atoms with Crippen LogP contribution in [0.5, 0.6) is 0 Å². The highest BCUT2D eigenvalue weighted by atomic mass is 35.5. The highest BCUT2D eigenvalue weighted by molar-refractivity contribution is 7.71. The van der Waals surface area contributed by atoms with Crippen molar-refractivity contribution in [3.8, 4) is 5.69 Å². The molecule has 3 nitrogen and oxygen atoms in total. The number of halogens is 2. The third kappa shape index (κ3) is 2.16. The molecule has 20 heavy (non-hydrogen) atoms. The lowest BCUT2D eigenvalue weighted by Crippen LogP contribution is -2.20. The molecule has 0 amide bonds. The first kappa shape index (κ1) is 13.4. The number of H-pyrrole nitrogens is 1. The number of rotatable bonds is 1. The largest absolute Gasteiger partial charge is 0.330 e. The molecule has 1 N–H and O–H groups in total. The minimum Gasteiger partial charge on any atom is -0.330 e. The summed E-state index contributed by atoms with van der Waals surface area (Å²) in [6.45, 7) is 0. The van der Waals surface area contributed by atoms with Gasteiger partial charge in [-0.3, -0.25) is 9.36 Å². The second-order valence-electron chi connectivity index (χ2n) is 4.22. The SMILES string of the molecule is O=c1c2cc(Cl)cc(Cl)c2[nH]c(=S)n1-c1ccccc1. The number of aromatic nitrogens is 2. The van der Waals surface area contributed by atoms with E-state index in [0.29, 0.717) is 26.6 Å². The number of para-hydroxylation sites is 1. The average Bonchev–Trinajstić information content (AvgIpc) is 2.42. The van der Waals surface area contributed by atoms with Gasteiger partial charge >= 0.3 is 0 Å². The molecule has 1 heterocycles. The number of hydrogen-bond donors (Lipinski definition) is 1. The van der Waals surface area contributed by atoms with Crippen LogP contribution >= 0.6 is 35.4 Å². The number of benzene rings is 2. The average molecular weight is 323 g/mol. The van der Waals surface area contributed by atoms with Gasteiger partial charge in [0.15, 0.2) is 4.77 Å². The summed E-state index contributed by atoms with van der Waals surface area (Å²) < 4.78 is 1.71. The summed E-state index contributed by atoms with van der Waals surface area (Å²) in [7, 11) is 0. The van der Waals surface area contributed by atoms with E-state index >= 15 is 0 Å². The topological polar surface area (TPSA) is 37.8 Å². The van der Waals surface area contributed by atoms with Gasteiger partial charge in [0.2, 0.25) is 0 Å². The van der Waals surface area contributed by atoms with Crippen molar-refractivity contribution in [2.24, 2.45) is 0 Å². The molecule has 0 bridgehead atoms. The van der Waals surface area contributed by atoms with Crippen molar-refractivity contribution in [2.45, 2.75) is 0 Å². The molecule has 0 spiro atoms. The molecule has 0 fully saturated rings. The molecule has 100 valence electrons. The van der Waals surface area contributed by atoms with Crippen LogP contribution in [0.1, 0.15) is 0 Å². The van der Waals surface area contributed by atoms with Crippen molar-refractivity contribution in [3.05, 3.63) is 67.6 Å². The minimum atomic E-state index is -0.251. The van der Waals surface area contributed by atoms with Gasteiger partial charge in [0.25, 0.3) is 5.56 Å². The smallest absolute Gasteiger partial charge is 0.266 e. The Balaban J connectivity index is 2.47. The number of fused-ring (bicyclic) bond motifs is 1. The monoisotopic (exact) mass is 322 g/mol. The summed E-state index contributed by atoms with van der Waals surface area (Å²) in [4.78, 5) is 15.6. The molecule has 0 aliphatic rings. The molecule has 0 saturated carbocycles. The first-order valence-corrected chi connectivity index (χ1v) is 6.94. The lowest BCUT2D eigenvalue weighted by atomic mass is 10.2. The molecule has 0 aliphatic carbocycles. The maximum Gasteiger partial charge on any atom is 0.266 e. The van der Waals surface area contributed by atoms with Crippen LogP contribution in [0.25, 0.3) is 16.6 Å². The Labute approximate surface area is 129 Å². The predicted molar refractivity (Wildman–Crippen MR) is 84.7 cm³/mol. The van der Waals surface area contributed by atoms with Gasteiger partial charge < -0.3 is 4.98 Å². The Morgan fingerprint density at radius 1 is 1.10 bits per heavy atom. The molecule has 0 radical (unpaired) electrons. The fraction of sp³-hybridized carbons (Fsp3) is 0. The molecule has 0 atom stereocenters. The van der Waals surface area contributed by atoms with Crippen LogP contribution in [0.2, 0.25) is 10.0 Å². The fourth-order valence-corrected chi connectivity index (χ4v) is 2.89. The first-order chi connectivity index (χ1) is 9.58. The fourth-order valence-electron chi connectivity index (χ4n) is 2.06. The van der Waals surface area contributed by atoms with Crippen molar-refractivity contribution in [2.75, 3.05) is 0 Å². The Kier molecular flexibility index (Phi) is 3.38. The van der Waals surface area contributed by atoms with E-state index in [9.17, 15) is 4.79 Å². The van der Waals surface area contributed by atoms with Crippen LogP contribution in [0.4, 0.5) is 0 Å². The van der Waals surface area contributed by atoms with Crippen LogP contribution in [-0.2, 0) is 0 Å². The van der Waals surface area contributed by atoms with E-state index in [1.54, 1.807) is 12.1 Å².